The second-order valence-corrected chi connectivity index (χ2v) is 6.78. The van der Waals surface area contributed by atoms with Gasteiger partial charge in [-0.15, -0.1) is 0 Å². The third-order valence-corrected chi connectivity index (χ3v) is 4.52. The van der Waals surface area contributed by atoms with E-state index >= 15 is 0 Å². The first kappa shape index (κ1) is 18.1. The van der Waals surface area contributed by atoms with Crippen LogP contribution in [0.4, 0.5) is 5.69 Å². The van der Waals surface area contributed by atoms with Crippen LogP contribution in [0.1, 0.15) is 11.1 Å². The second-order valence-electron chi connectivity index (χ2n) is 6.34. The molecule has 3 aromatic carbocycles. The van der Waals surface area contributed by atoms with Crippen LogP contribution in [0.3, 0.4) is 0 Å². The zero-order chi connectivity index (χ0) is 19.7. The van der Waals surface area contributed by atoms with Gasteiger partial charge in [-0.05, 0) is 55.0 Å². The van der Waals surface area contributed by atoms with E-state index in [0.717, 1.165) is 22.2 Å². The molecule has 4 rings (SSSR count). The van der Waals surface area contributed by atoms with Gasteiger partial charge in [0.2, 0.25) is 5.89 Å². The van der Waals surface area contributed by atoms with E-state index in [4.69, 9.17) is 20.8 Å². The summed E-state index contributed by atoms with van der Waals surface area (Å²) >= 11 is 6.04. The number of benzene rings is 3. The Bertz CT molecular complexity index is 1180. The van der Waals surface area contributed by atoms with Gasteiger partial charge in [-0.2, -0.15) is 0 Å². The Morgan fingerprint density at radius 3 is 2.64 bits per heavy atom. The van der Waals surface area contributed by atoms with Gasteiger partial charge in [-0.3, -0.25) is 4.99 Å². The Morgan fingerprint density at radius 1 is 1.11 bits per heavy atom. The number of aryl methyl sites for hydroxylation is 1. The summed E-state index contributed by atoms with van der Waals surface area (Å²) in [5.41, 5.74) is 4.78. The molecular weight excluding hydrogens is 376 g/mol. The van der Waals surface area contributed by atoms with Crippen LogP contribution in [-0.4, -0.2) is 23.4 Å². The molecule has 4 aromatic rings. The quantitative estimate of drug-likeness (QED) is 0.437. The van der Waals surface area contributed by atoms with Gasteiger partial charge in [0.15, 0.2) is 17.1 Å². The van der Waals surface area contributed by atoms with Crippen LogP contribution >= 0.6 is 11.6 Å². The molecule has 0 fully saturated rings. The SMILES string of the molecule is COc1cc(Cl)cc(C=Nc2ccc(-c3nc4cc(C)ccc4o3)cc2)c1O. The van der Waals surface area contributed by atoms with Crippen molar-refractivity contribution in [2.75, 3.05) is 7.11 Å². The fourth-order valence-electron chi connectivity index (χ4n) is 2.84. The number of hydrogen-bond acceptors (Lipinski definition) is 5. The van der Waals surface area contributed by atoms with Crippen LogP contribution in [0.15, 0.2) is 64.0 Å². The lowest BCUT2D eigenvalue weighted by molar-refractivity contribution is 0.373. The molecule has 0 unspecified atom stereocenters. The molecule has 0 atom stereocenters. The monoisotopic (exact) mass is 392 g/mol. The van der Waals surface area contributed by atoms with Crippen molar-refractivity contribution in [3.8, 4) is 23.0 Å². The van der Waals surface area contributed by atoms with E-state index in [1.807, 2.05) is 49.4 Å². The molecule has 0 saturated heterocycles. The minimum atomic E-state index is -0.00552. The smallest absolute Gasteiger partial charge is 0.227 e. The number of phenolic OH excluding ortho intramolecular Hbond substituents is 1. The van der Waals surface area contributed by atoms with Crippen molar-refractivity contribution in [2.45, 2.75) is 6.92 Å². The molecule has 1 N–H and O–H groups in total. The van der Waals surface area contributed by atoms with Crippen LogP contribution < -0.4 is 4.74 Å². The van der Waals surface area contributed by atoms with Gasteiger partial charge >= 0.3 is 0 Å². The highest BCUT2D eigenvalue weighted by molar-refractivity contribution is 6.31. The van der Waals surface area contributed by atoms with Crippen molar-refractivity contribution in [2.24, 2.45) is 4.99 Å². The number of hydrogen-bond donors (Lipinski definition) is 1. The Labute approximate surface area is 166 Å². The van der Waals surface area contributed by atoms with Crippen LogP contribution in [0.25, 0.3) is 22.6 Å². The maximum atomic E-state index is 10.2. The van der Waals surface area contributed by atoms with Crippen LogP contribution in [0.5, 0.6) is 11.5 Å². The molecule has 0 amide bonds. The predicted octanol–water partition coefficient (Wildman–Crippen LogP) is 5.92. The number of aromatic hydroxyl groups is 1. The summed E-state index contributed by atoms with van der Waals surface area (Å²) in [6, 6.07) is 16.6. The molecule has 0 radical (unpaired) electrons. The lowest BCUT2D eigenvalue weighted by atomic mass is 10.2. The summed E-state index contributed by atoms with van der Waals surface area (Å²) in [6.07, 6.45) is 1.54. The summed E-state index contributed by atoms with van der Waals surface area (Å²) in [5, 5.41) is 10.6. The zero-order valence-electron chi connectivity index (χ0n) is 15.3. The van der Waals surface area contributed by atoms with E-state index in [2.05, 4.69) is 9.98 Å². The number of halogens is 1. The van der Waals surface area contributed by atoms with E-state index in [1.165, 1.54) is 7.11 Å². The average Bonchev–Trinajstić information content (AvgIpc) is 3.11. The van der Waals surface area contributed by atoms with Crippen molar-refractivity contribution in [3.63, 3.8) is 0 Å². The van der Waals surface area contributed by atoms with Crippen molar-refractivity contribution >= 4 is 34.6 Å². The first-order chi connectivity index (χ1) is 13.5. The topological polar surface area (TPSA) is 67.9 Å². The van der Waals surface area contributed by atoms with Gasteiger partial charge in [-0.25, -0.2) is 4.98 Å². The Morgan fingerprint density at radius 2 is 1.89 bits per heavy atom. The van der Waals surface area contributed by atoms with Crippen LogP contribution in [-0.2, 0) is 0 Å². The highest BCUT2D eigenvalue weighted by Gasteiger charge is 2.10. The molecule has 6 heteroatoms. The number of ether oxygens (including phenoxy) is 1. The van der Waals surface area contributed by atoms with Crippen molar-refractivity contribution in [3.05, 3.63) is 70.7 Å². The van der Waals surface area contributed by atoms with E-state index in [1.54, 1.807) is 18.3 Å². The maximum Gasteiger partial charge on any atom is 0.227 e. The summed E-state index contributed by atoms with van der Waals surface area (Å²) < 4.78 is 10.9. The average molecular weight is 393 g/mol. The third kappa shape index (κ3) is 3.57. The summed E-state index contributed by atoms with van der Waals surface area (Å²) in [6.45, 7) is 2.02. The first-order valence-electron chi connectivity index (χ1n) is 8.62. The maximum absolute atomic E-state index is 10.2. The van der Waals surface area contributed by atoms with E-state index in [-0.39, 0.29) is 5.75 Å². The zero-order valence-corrected chi connectivity index (χ0v) is 16.1. The summed E-state index contributed by atoms with van der Waals surface area (Å²) in [4.78, 5) is 8.93. The molecule has 1 heterocycles. The largest absolute Gasteiger partial charge is 0.504 e. The van der Waals surface area contributed by atoms with Crippen LogP contribution in [0.2, 0.25) is 5.02 Å². The Kier molecular flexibility index (Phi) is 4.75. The van der Waals surface area contributed by atoms with Gasteiger partial charge in [0.25, 0.3) is 0 Å². The molecule has 5 nitrogen and oxygen atoms in total. The minimum Gasteiger partial charge on any atom is -0.504 e. The molecule has 0 aliphatic heterocycles. The fraction of sp³-hybridized carbons (Fsp3) is 0.0909. The standard InChI is InChI=1S/C22H17ClN2O3/c1-13-3-8-19-18(9-13)25-22(28-19)14-4-6-17(7-5-14)24-12-15-10-16(23)11-20(27-2)21(15)26/h3-12,26H,1-2H3. The number of aromatic nitrogens is 1. The molecule has 0 spiro atoms. The number of fused-ring (bicyclic) bond motifs is 1. The summed E-state index contributed by atoms with van der Waals surface area (Å²) in [7, 11) is 1.47. The second kappa shape index (κ2) is 7.37. The van der Waals surface area contributed by atoms with E-state index in [9.17, 15) is 5.11 Å². The van der Waals surface area contributed by atoms with Crippen molar-refractivity contribution < 1.29 is 14.3 Å². The highest BCUT2D eigenvalue weighted by atomic mass is 35.5. The Balaban J connectivity index is 1.59. The molecule has 1 aromatic heterocycles. The van der Waals surface area contributed by atoms with Gasteiger partial charge in [0, 0.05) is 28.4 Å². The molecular formula is C22H17ClN2O3. The fourth-order valence-corrected chi connectivity index (χ4v) is 3.06. The number of phenols is 1. The minimum absolute atomic E-state index is 0.00552. The summed E-state index contributed by atoms with van der Waals surface area (Å²) in [5.74, 6) is 0.859. The lowest BCUT2D eigenvalue weighted by Gasteiger charge is -2.06. The van der Waals surface area contributed by atoms with E-state index < -0.39 is 0 Å². The van der Waals surface area contributed by atoms with Crippen molar-refractivity contribution in [1.29, 1.82) is 0 Å². The van der Waals surface area contributed by atoms with Gasteiger partial charge in [-0.1, -0.05) is 17.7 Å². The highest BCUT2D eigenvalue weighted by Crippen LogP contribution is 2.33. The first-order valence-corrected chi connectivity index (χ1v) is 8.99. The molecule has 0 bridgehead atoms. The molecule has 140 valence electrons. The molecule has 0 saturated carbocycles. The van der Waals surface area contributed by atoms with Gasteiger partial charge < -0.3 is 14.3 Å². The van der Waals surface area contributed by atoms with Gasteiger partial charge in [0.05, 0.1) is 12.8 Å². The molecule has 28 heavy (non-hydrogen) atoms. The Hall–Kier alpha value is -3.31. The molecule has 0 aliphatic rings. The van der Waals surface area contributed by atoms with Crippen LogP contribution in [0, 0.1) is 6.92 Å². The number of oxazole rings is 1. The van der Waals surface area contributed by atoms with E-state index in [0.29, 0.717) is 27.9 Å². The number of nitrogens with zero attached hydrogens (tertiary/aromatic N) is 2. The number of rotatable bonds is 4. The van der Waals surface area contributed by atoms with Gasteiger partial charge in [0.1, 0.15) is 5.52 Å². The number of methoxy groups -OCH3 is 1. The molecule has 0 aliphatic carbocycles. The predicted molar refractivity (Wildman–Crippen MR) is 111 cm³/mol. The number of aliphatic imine (C=N–C) groups is 1. The normalized spacial score (nSPS) is 11.4. The lowest BCUT2D eigenvalue weighted by Crippen LogP contribution is -1.89. The van der Waals surface area contributed by atoms with Crippen molar-refractivity contribution in [1.82, 2.24) is 4.98 Å². The third-order valence-electron chi connectivity index (χ3n) is 4.30.